The molecule has 0 bridgehead atoms. The van der Waals surface area contributed by atoms with Crippen LogP contribution in [0.2, 0.25) is 0 Å². The van der Waals surface area contributed by atoms with Gasteiger partial charge in [-0.1, -0.05) is 27.7 Å². The van der Waals surface area contributed by atoms with Crippen LogP contribution in [0.15, 0.2) is 27.5 Å². The number of benzene rings is 1. The number of sulfonamides is 1. The summed E-state index contributed by atoms with van der Waals surface area (Å²) in [4.78, 5) is 13.4. The molecule has 0 atom stereocenters. The fourth-order valence-corrected chi connectivity index (χ4v) is 3.95. The number of amidine groups is 1. The molecule has 0 fully saturated rings. The van der Waals surface area contributed by atoms with E-state index in [1.165, 1.54) is 13.0 Å². The van der Waals surface area contributed by atoms with Gasteiger partial charge in [-0.2, -0.15) is 8.42 Å². The molecule has 1 N–H and O–H groups in total. The molecule has 0 aromatic heterocycles. The van der Waals surface area contributed by atoms with Crippen molar-refractivity contribution in [2.24, 2.45) is 16.2 Å². The minimum atomic E-state index is -3.77. The van der Waals surface area contributed by atoms with Gasteiger partial charge >= 0.3 is 0 Å². The normalized spacial score (nSPS) is 16.1. The van der Waals surface area contributed by atoms with Crippen LogP contribution in [0, 0.1) is 11.8 Å². The van der Waals surface area contributed by atoms with Gasteiger partial charge in [0.1, 0.15) is 10.7 Å². The predicted octanol–water partition coefficient (Wildman–Crippen LogP) is 3.25. The third-order valence-corrected chi connectivity index (χ3v) is 4.86. The zero-order chi connectivity index (χ0) is 18.1. The summed E-state index contributed by atoms with van der Waals surface area (Å²) in [7, 11) is -3.77. The SMILES string of the molecule is CC(=O)Nc1ccc2c(c1)S(=O)(=O)N=C(CC(C)C)N2CC(C)C. The fraction of sp³-hybridized carbons (Fsp3) is 0.529. The fourth-order valence-electron chi connectivity index (χ4n) is 2.68. The van der Waals surface area contributed by atoms with Crippen LogP contribution in [0.3, 0.4) is 0 Å². The van der Waals surface area contributed by atoms with Gasteiger partial charge in [-0.3, -0.25) is 4.79 Å². The Morgan fingerprint density at radius 2 is 1.88 bits per heavy atom. The Hall–Kier alpha value is -1.89. The zero-order valence-electron chi connectivity index (χ0n) is 14.8. The molecule has 0 saturated heterocycles. The summed E-state index contributed by atoms with van der Waals surface area (Å²) in [5.74, 6) is 0.990. The average molecular weight is 351 g/mol. The van der Waals surface area contributed by atoms with E-state index in [0.717, 1.165) is 0 Å². The predicted molar refractivity (Wildman–Crippen MR) is 97.0 cm³/mol. The van der Waals surface area contributed by atoms with Crippen LogP contribution in [0.4, 0.5) is 11.4 Å². The smallest absolute Gasteiger partial charge is 0.286 e. The largest absolute Gasteiger partial charge is 0.328 e. The molecule has 7 heteroatoms. The lowest BCUT2D eigenvalue weighted by Gasteiger charge is -2.33. The molecule has 0 aliphatic carbocycles. The van der Waals surface area contributed by atoms with E-state index in [9.17, 15) is 13.2 Å². The summed E-state index contributed by atoms with van der Waals surface area (Å²) in [5, 5.41) is 2.62. The van der Waals surface area contributed by atoms with E-state index in [1.807, 2.05) is 18.7 Å². The number of nitrogens with one attached hydrogen (secondary N) is 1. The lowest BCUT2D eigenvalue weighted by molar-refractivity contribution is -0.114. The summed E-state index contributed by atoms with van der Waals surface area (Å²) in [6.45, 7) is 10.3. The highest BCUT2D eigenvalue weighted by molar-refractivity contribution is 7.90. The molecule has 6 nitrogen and oxygen atoms in total. The minimum absolute atomic E-state index is 0.141. The van der Waals surface area contributed by atoms with Gasteiger partial charge in [0, 0.05) is 25.6 Å². The second kappa shape index (κ2) is 6.93. The number of carbonyl (C=O) groups excluding carboxylic acids is 1. The molecule has 0 spiro atoms. The Morgan fingerprint density at radius 1 is 1.21 bits per heavy atom. The molecule has 1 amide bonds. The Morgan fingerprint density at radius 3 is 2.42 bits per heavy atom. The summed E-state index contributed by atoms with van der Waals surface area (Å²) in [5.41, 5.74) is 1.08. The van der Waals surface area contributed by atoms with E-state index >= 15 is 0 Å². The first-order valence-corrected chi connectivity index (χ1v) is 9.57. The number of hydrogen-bond acceptors (Lipinski definition) is 4. The summed E-state index contributed by atoms with van der Waals surface area (Å²) >= 11 is 0. The van der Waals surface area contributed by atoms with Crippen LogP contribution < -0.4 is 10.2 Å². The van der Waals surface area contributed by atoms with Crippen LogP contribution in [-0.4, -0.2) is 26.7 Å². The summed E-state index contributed by atoms with van der Waals surface area (Å²) in [6, 6.07) is 4.95. The molecule has 1 aromatic rings. The first-order chi connectivity index (χ1) is 11.1. The maximum Gasteiger partial charge on any atom is 0.286 e. The standard InChI is InChI=1S/C17H25N3O3S/c1-11(2)8-17-19-24(22,23)16-9-14(18-13(5)21)6-7-15(16)20(17)10-12(3)4/h6-7,9,11-12H,8,10H2,1-5H3,(H,18,21). The maximum absolute atomic E-state index is 12.6. The highest BCUT2D eigenvalue weighted by atomic mass is 32.2. The van der Waals surface area contributed by atoms with E-state index in [-0.39, 0.29) is 10.8 Å². The Kier molecular flexibility index (Phi) is 5.32. The average Bonchev–Trinajstić information content (AvgIpc) is 2.41. The summed E-state index contributed by atoms with van der Waals surface area (Å²) < 4.78 is 29.3. The lowest BCUT2D eigenvalue weighted by Crippen LogP contribution is -2.39. The quantitative estimate of drug-likeness (QED) is 0.883. The minimum Gasteiger partial charge on any atom is -0.328 e. The van der Waals surface area contributed by atoms with Crippen LogP contribution in [0.1, 0.15) is 41.0 Å². The second-order valence-electron chi connectivity index (χ2n) is 6.95. The van der Waals surface area contributed by atoms with Crippen LogP contribution in [0.25, 0.3) is 0 Å². The number of fused-ring (bicyclic) bond motifs is 1. The number of amides is 1. The molecule has 0 radical (unpaired) electrons. The first-order valence-electron chi connectivity index (χ1n) is 8.13. The van der Waals surface area contributed by atoms with Crippen molar-refractivity contribution < 1.29 is 13.2 Å². The molecular formula is C17H25N3O3S. The van der Waals surface area contributed by atoms with Gasteiger partial charge in [0.25, 0.3) is 10.0 Å². The van der Waals surface area contributed by atoms with Crippen molar-refractivity contribution in [3.8, 4) is 0 Å². The van der Waals surface area contributed by atoms with E-state index in [2.05, 4.69) is 23.6 Å². The van der Waals surface area contributed by atoms with E-state index in [4.69, 9.17) is 0 Å². The molecule has 24 heavy (non-hydrogen) atoms. The highest BCUT2D eigenvalue weighted by Gasteiger charge is 2.31. The van der Waals surface area contributed by atoms with Gasteiger partial charge < -0.3 is 10.2 Å². The molecule has 1 aliphatic rings. The van der Waals surface area contributed by atoms with Crippen molar-refractivity contribution in [1.29, 1.82) is 0 Å². The Labute approximate surface area is 144 Å². The Bertz CT molecular complexity index is 767. The number of anilines is 2. The molecular weight excluding hydrogens is 326 g/mol. The zero-order valence-corrected chi connectivity index (χ0v) is 15.6. The monoisotopic (exact) mass is 351 g/mol. The number of nitrogens with zero attached hydrogens (tertiary/aromatic N) is 2. The van der Waals surface area contributed by atoms with Crippen molar-refractivity contribution >= 4 is 33.1 Å². The van der Waals surface area contributed by atoms with Crippen molar-refractivity contribution in [1.82, 2.24) is 0 Å². The third-order valence-electron chi connectivity index (χ3n) is 3.52. The van der Waals surface area contributed by atoms with Crippen LogP contribution in [0.5, 0.6) is 0 Å². The van der Waals surface area contributed by atoms with Gasteiger partial charge in [0.05, 0.1) is 5.69 Å². The lowest BCUT2D eigenvalue weighted by atomic mass is 10.1. The number of carbonyl (C=O) groups is 1. The van der Waals surface area contributed by atoms with Crippen LogP contribution in [-0.2, 0) is 14.8 Å². The van der Waals surface area contributed by atoms with Crippen molar-refractivity contribution in [2.45, 2.75) is 45.9 Å². The molecule has 2 rings (SSSR count). The molecule has 1 heterocycles. The van der Waals surface area contributed by atoms with E-state index < -0.39 is 10.0 Å². The first kappa shape index (κ1) is 18.4. The molecule has 132 valence electrons. The van der Waals surface area contributed by atoms with E-state index in [0.29, 0.717) is 42.0 Å². The Balaban J connectivity index is 2.56. The number of rotatable bonds is 5. The topological polar surface area (TPSA) is 78.8 Å². The van der Waals surface area contributed by atoms with Crippen molar-refractivity contribution in [2.75, 3.05) is 16.8 Å². The van der Waals surface area contributed by atoms with E-state index in [1.54, 1.807) is 12.1 Å². The van der Waals surface area contributed by atoms with Gasteiger partial charge in [-0.05, 0) is 30.0 Å². The third kappa shape index (κ3) is 4.14. The molecule has 1 aliphatic heterocycles. The number of hydrogen-bond donors (Lipinski definition) is 1. The van der Waals surface area contributed by atoms with Gasteiger partial charge in [-0.15, -0.1) is 4.40 Å². The van der Waals surface area contributed by atoms with Crippen molar-refractivity contribution in [3.63, 3.8) is 0 Å². The van der Waals surface area contributed by atoms with Gasteiger partial charge in [0.2, 0.25) is 5.91 Å². The molecule has 0 unspecified atom stereocenters. The van der Waals surface area contributed by atoms with Gasteiger partial charge in [-0.25, -0.2) is 0 Å². The molecule has 1 aromatic carbocycles. The van der Waals surface area contributed by atoms with Crippen molar-refractivity contribution in [3.05, 3.63) is 18.2 Å². The van der Waals surface area contributed by atoms with Gasteiger partial charge in [0.15, 0.2) is 0 Å². The maximum atomic E-state index is 12.6. The summed E-state index contributed by atoms with van der Waals surface area (Å²) in [6.07, 6.45) is 0.596. The molecule has 0 saturated carbocycles. The second-order valence-corrected chi connectivity index (χ2v) is 8.52. The highest BCUT2D eigenvalue weighted by Crippen LogP contribution is 2.35. The van der Waals surface area contributed by atoms with Crippen LogP contribution >= 0.6 is 0 Å².